The third kappa shape index (κ3) is 4.37. The monoisotopic (exact) mass is 448 g/mol. The number of likely N-dealkylation sites (tertiary alicyclic amines) is 2. The first-order valence-corrected chi connectivity index (χ1v) is 11.5. The SMILES string of the molecule is O=C(OCc1ccc(Cl)nc1)N1CCC2(CC1)CN(C(=O)C1CCC3NNNC3C1)C2. The van der Waals surface area contributed by atoms with E-state index >= 15 is 0 Å². The Hall–Kier alpha value is -1.94. The first kappa shape index (κ1) is 20.9. The van der Waals surface area contributed by atoms with Gasteiger partial charge in [0.1, 0.15) is 11.8 Å². The molecule has 10 heteroatoms. The zero-order chi connectivity index (χ0) is 21.4. The molecule has 0 bridgehead atoms. The zero-order valence-electron chi connectivity index (χ0n) is 17.5. The van der Waals surface area contributed by atoms with E-state index in [2.05, 4.69) is 21.4 Å². The fraction of sp³-hybridized carbons (Fsp3) is 0.667. The molecule has 3 aliphatic heterocycles. The van der Waals surface area contributed by atoms with E-state index in [9.17, 15) is 9.59 Å². The summed E-state index contributed by atoms with van der Waals surface area (Å²) in [5, 5.41) is 0.418. The van der Waals surface area contributed by atoms with Crippen LogP contribution in [0.1, 0.15) is 37.7 Å². The molecule has 168 valence electrons. The van der Waals surface area contributed by atoms with Crippen molar-refractivity contribution in [1.29, 1.82) is 0 Å². The van der Waals surface area contributed by atoms with E-state index in [1.54, 1.807) is 23.2 Å². The minimum atomic E-state index is -0.292. The van der Waals surface area contributed by atoms with E-state index < -0.39 is 0 Å². The van der Waals surface area contributed by atoms with E-state index in [1.165, 1.54) is 0 Å². The van der Waals surface area contributed by atoms with Gasteiger partial charge in [0.15, 0.2) is 0 Å². The van der Waals surface area contributed by atoms with Crippen LogP contribution in [0.4, 0.5) is 4.79 Å². The Labute approximate surface area is 186 Å². The highest BCUT2D eigenvalue weighted by Crippen LogP contribution is 2.42. The van der Waals surface area contributed by atoms with Gasteiger partial charge in [0.2, 0.25) is 5.91 Å². The number of rotatable bonds is 3. The number of hydrazine groups is 2. The first-order chi connectivity index (χ1) is 15.0. The van der Waals surface area contributed by atoms with Crippen LogP contribution in [0.15, 0.2) is 18.3 Å². The molecule has 1 spiro atoms. The fourth-order valence-electron chi connectivity index (χ4n) is 5.34. The predicted molar refractivity (Wildman–Crippen MR) is 114 cm³/mol. The van der Waals surface area contributed by atoms with Crippen LogP contribution in [0, 0.1) is 11.3 Å². The average Bonchev–Trinajstić information content (AvgIpc) is 3.24. The summed E-state index contributed by atoms with van der Waals surface area (Å²) in [5.41, 5.74) is 10.4. The van der Waals surface area contributed by atoms with Gasteiger partial charge in [-0.15, -0.1) is 0 Å². The van der Waals surface area contributed by atoms with Crippen molar-refractivity contribution in [2.24, 2.45) is 11.3 Å². The Morgan fingerprint density at radius 1 is 1.13 bits per heavy atom. The normalized spacial score (nSPS) is 29.4. The molecule has 1 saturated carbocycles. The van der Waals surface area contributed by atoms with Crippen molar-refractivity contribution in [1.82, 2.24) is 31.2 Å². The summed E-state index contributed by atoms with van der Waals surface area (Å²) in [4.78, 5) is 33.2. The molecule has 9 nitrogen and oxygen atoms in total. The fourth-order valence-corrected chi connectivity index (χ4v) is 5.45. The van der Waals surface area contributed by atoms with Crippen molar-refractivity contribution in [3.05, 3.63) is 29.0 Å². The van der Waals surface area contributed by atoms with Crippen LogP contribution in [-0.2, 0) is 16.1 Å². The van der Waals surface area contributed by atoms with Crippen molar-refractivity contribution in [3.8, 4) is 0 Å². The number of carbonyl (C=O) groups excluding carboxylic acids is 2. The molecule has 3 unspecified atom stereocenters. The smallest absolute Gasteiger partial charge is 0.410 e. The molecule has 3 saturated heterocycles. The van der Waals surface area contributed by atoms with Crippen LogP contribution in [-0.4, -0.2) is 65.0 Å². The molecule has 1 aromatic heterocycles. The van der Waals surface area contributed by atoms with E-state index in [4.69, 9.17) is 16.3 Å². The molecule has 4 heterocycles. The molecule has 1 aromatic rings. The number of hydrogen-bond donors (Lipinski definition) is 3. The molecule has 0 radical (unpaired) electrons. The lowest BCUT2D eigenvalue weighted by Crippen LogP contribution is -2.63. The number of hydrogen-bond acceptors (Lipinski definition) is 7. The van der Waals surface area contributed by atoms with Crippen LogP contribution >= 0.6 is 11.6 Å². The maximum atomic E-state index is 13.0. The minimum absolute atomic E-state index is 0.116. The second-order valence-electron chi connectivity index (χ2n) is 9.36. The molecular weight excluding hydrogens is 420 g/mol. The van der Waals surface area contributed by atoms with Gasteiger partial charge in [-0.05, 0) is 38.2 Å². The lowest BCUT2D eigenvalue weighted by atomic mass is 9.71. The van der Waals surface area contributed by atoms with Gasteiger partial charge >= 0.3 is 6.09 Å². The molecule has 1 aliphatic carbocycles. The number of nitrogens with zero attached hydrogens (tertiary/aromatic N) is 3. The molecule has 4 aliphatic rings. The third-order valence-corrected chi connectivity index (χ3v) is 7.54. The molecule has 31 heavy (non-hydrogen) atoms. The summed E-state index contributed by atoms with van der Waals surface area (Å²) in [5.74, 6) is 0.418. The number of amides is 2. The van der Waals surface area contributed by atoms with Crippen molar-refractivity contribution in [3.63, 3.8) is 0 Å². The number of piperidine rings is 1. The van der Waals surface area contributed by atoms with Crippen molar-refractivity contribution in [2.45, 2.75) is 50.8 Å². The number of pyridine rings is 1. The average molecular weight is 449 g/mol. The minimum Gasteiger partial charge on any atom is -0.444 e. The van der Waals surface area contributed by atoms with Crippen LogP contribution in [0.3, 0.4) is 0 Å². The lowest BCUT2D eigenvalue weighted by molar-refractivity contribution is -0.152. The maximum Gasteiger partial charge on any atom is 0.410 e. The quantitative estimate of drug-likeness (QED) is 0.602. The second kappa shape index (κ2) is 8.54. The highest BCUT2D eigenvalue weighted by molar-refractivity contribution is 6.29. The summed E-state index contributed by atoms with van der Waals surface area (Å²) in [6, 6.07) is 4.24. The first-order valence-electron chi connectivity index (χ1n) is 11.1. The maximum absolute atomic E-state index is 13.0. The highest BCUT2D eigenvalue weighted by Gasteiger charge is 2.49. The summed E-state index contributed by atoms with van der Waals surface area (Å²) >= 11 is 5.78. The van der Waals surface area contributed by atoms with Crippen molar-refractivity contribution in [2.75, 3.05) is 26.2 Å². The number of aromatic nitrogens is 1. The van der Waals surface area contributed by atoms with Crippen molar-refractivity contribution >= 4 is 23.6 Å². The number of halogens is 1. The Morgan fingerprint density at radius 2 is 1.90 bits per heavy atom. The zero-order valence-corrected chi connectivity index (χ0v) is 18.2. The lowest BCUT2D eigenvalue weighted by Gasteiger charge is -2.54. The van der Waals surface area contributed by atoms with Crippen LogP contribution in [0.25, 0.3) is 0 Å². The van der Waals surface area contributed by atoms with E-state index in [0.29, 0.717) is 36.2 Å². The summed E-state index contributed by atoms with van der Waals surface area (Å²) in [6.07, 6.45) is 6.00. The summed E-state index contributed by atoms with van der Waals surface area (Å²) in [6.45, 7) is 3.18. The van der Waals surface area contributed by atoms with Crippen LogP contribution in [0.2, 0.25) is 5.15 Å². The number of carbonyl (C=O) groups is 2. The van der Waals surface area contributed by atoms with Gasteiger partial charge in [0.05, 0.1) is 0 Å². The van der Waals surface area contributed by atoms with Crippen LogP contribution in [0.5, 0.6) is 0 Å². The molecule has 3 atom stereocenters. The topological polar surface area (TPSA) is 98.8 Å². The molecule has 3 N–H and O–H groups in total. The molecular formula is C21H29ClN6O3. The van der Waals surface area contributed by atoms with E-state index in [1.807, 2.05) is 4.90 Å². The van der Waals surface area contributed by atoms with Gasteiger partial charge in [-0.3, -0.25) is 4.79 Å². The highest BCUT2D eigenvalue weighted by atomic mass is 35.5. The van der Waals surface area contributed by atoms with Gasteiger partial charge in [0, 0.05) is 61.4 Å². The number of fused-ring (bicyclic) bond motifs is 1. The van der Waals surface area contributed by atoms with Gasteiger partial charge in [-0.25, -0.2) is 20.6 Å². The number of nitrogens with one attached hydrogen (secondary N) is 3. The Balaban J connectivity index is 1.05. The van der Waals surface area contributed by atoms with Crippen molar-refractivity contribution < 1.29 is 14.3 Å². The van der Waals surface area contributed by atoms with E-state index in [-0.39, 0.29) is 24.0 Å². The number of ether oxygens (including phenoxy) is 1. The molecule has 5 rings (SSSR count). The Bertz CT molecular complexity index is 821. The molecule has 4 fully saturated rings. The second-order valence-corrected chi connectivity index (χ2v) is 9.75. The van der Waals surface area contributed by atoms with E-state index in [0.717, 1.165) is 50.8 Å². The Morgan fingerprint density at radius 3 is 2.65 bits per heavy atom. The standard InChI is InChI=1S/C21H29ClN6O3/c22-18-4-1-14(10-23-18)11-31-20(30)27-7-5-21(6-8-27)12-28(13-21)19(29)15-2-3-16-17(9-15)25-26-24-16/h1,4,10,15-17,24-26H,2-3,5-9,11-13H2. The largest absolute Gasteiger partial charge is 0.444 e. The third-order valence-electron chi connectivity index (χ3n) is 7.31. The van der Waals surface area contributed by atoms with Gasteiger partial charge in [-0.2, -0.15) is 5.53 Å². The van der Waals surface area contributed by atoms with Gasteiger partial charge in [0.25, 0.3) is 0 Å². The molecule has 2 amide bonds. The Kier molecular flexibility index (Phi) is 5.76. The summed E-state index contributed by atoms with van der Waals surface area (Å²) in [7, 11) is 0. The summed E-state index contributed by atoms with van der Waals surface area (Å²) < 4.78 is 5.42. The predicted octanol–water partition coefficient (Wildman–Crippen LogP) is 1.45. The van der Waals surface area contributed by atoms with Gasteiger partial charge in [-0.1, -0.05) is 17.7 Å². The van der Waals surface area contributed by atoms with Gasteiger partial charge < -0.3 is 14.5 Å². The molecule has 0 aromatic carbocycles. The van der Waals surface area contributed by atoms with Crippen LogP contribution < -0.4 is 16.4 Å².